The van der Waals surface area contributed by atoms with E-state index in [9.17, 15) is 0 Å². The van der Waals surface area contributed by atoms with Crippen LogP contribution in [0.2, 0.25) is 0 Å². The molecule has 0 aliphatic rings. The first-order valence-corrected chi connectivity index (χ1v) is 5.76. The van der Waals surface area contributed by atoms with E-state index < -0.39 is 0 Å². The van der Waals surface area contributed by atoms with Crippen molar-refractivity contribution in [3.63, 3.8) is 0 Å². The molecule has 0 bridgehead atoms. The Morgan fingerprint density at radius 3 is 2.54 bits per heavy atom. The fraction of sp³-hybridized carbons (Fsp3) is 0.571. The Morgan fingerprint density at radius 1 is 1.54 bits per heavy atom. The van der Waals surface area contributed by atoms with Crippen LogP contribution in [-0.4, -0.2) is 11.8 Å². The molecule has 0 saturated heterocycles. The van der Waals surface area contributed by atoms with Gasteiger partial charge in [0, 0.05) is 5.38 Å². The Kier molecular flexibility index (Phi) is 7.35. The van der Waals surface area contributed by atoms with Crippen molar-refractivity contribution in [2.75, 3.05) is 7.11 Å². The third-order valence-electron chi connectivity index (χ3n) is 0.989. The van der Waals surface area contributed by atoms with E-state index in [1.807, 2.05) is 26.2 Å². The first kappa shape index (κ1) is 13.0. The fourth-order valence-electron chi connectivity index (χ4n) is 0.525. The van der Waals surface area contributed by atoms with Gasteiger partial charge in [-0.05, 0) is 19.1 Å². The van der Waals surface area contributed by atoms with E-state index >= 15 is 0 Å². The van der Waals surface area contributed by atoms with Gasteiger partial charge in [0.2, 0.25) is 0 Å². The van der Waals surface area contributed by atoms with Gasteiger partial charge >= 0.3 is 0 Å². The largest absolute Gasteiger partial charge is 0.308 e. The van der Waals surface area contributed by atoms with Crippen LogP contribution in [0, 0.1) is 10.9 Å². The highest BCUT2D eigenvalue weighted by molar-refractivity contribution is 7.90. The molecule has 0 radical (unpaired) electrons. The summed E-state index contributed by atoms with van der Waals surface area (Å²) in [5, 5.41) is 1.93. The van der Waals surface area contributed by atoms with Crippen molar-refractivity contribution in [1.82, 2.24) is 4.73 Å². The molecular weight excluding hydrogens is 226 g/mol. The minimum Gasteiger partial charge on any atom is -0.308 e. The van der Waals surface area contributed by atoms with Gasteiger partial charge < -0.3 is 4.28 Å². The summed E-state index contributed by atoms with van der Waals surface area (Å²) in [7, 11) is 1.54. The van der Waals surface area contributed by atoms with Crippen LogP contribution in [0.15, 0.2) is 5.38 Å². The van der Waals surface area contributed by atoms with Crippen LogP contribution in [0.3, 0.4) is 0 Å². The van der Waals surface area contributed by atoms with E-state index in [0.29, 0.717) is 3.95 Å². The molecule has 0 aliphatic carbocycles. The number of nitrogens with zero attached hydrogens (tertiary/aromatic N) is 1. The smallest absolute Gasteiger partial charge is 0.251 e. The zero-order chi connectivity index (χ0) is 10.3. The molecule has 6 heteroatoms. The van der Waals surface area contributed by atoms with Crippen molar-refractivity contribution < 1.29 is 8.47 Å². The second-order valence-corrected chi connectivity index (χ2v) is 3.87. The standard InChI is InChI=1S/C5H7NO2S3.C2H6/c1-4-3-10-5(9)6(4)8-11-7-2;1-2/h3H,1-2H3;1-2H3. The lowest BCUT2D eigenvalue weighted by molar-refractivity contribution is 0.277. The number of thiazole rings is 1. The number of rotatable bonds is 3. The van der Waals surface area contributed by atoms with Gasteiger partial charge in [-0.25, -0.2) is 0 Å². The predicted octanol–water partition coefficient (Wildman–Crippen LogP) is 3.25. The van der Waals surface area contributed by atoms with E-state index in [1.165, 1.54) is 18.4 Å². The zero-order valence-corrected chi connectivity index (χ0v) is 10.5. The van der Waals surface area contributed by atoms with Crippen molar-refractivity contribution in [3.05, 3.63) is 15.0 Å². The summed E-state index contributed by atoms with van der Waals surface area (Å²) in [6, 6.07) is 0. The molecule has 0 spiro atoms. The Morgan fingerprint density at radius 2 is 2.15 bits per heavy atom. The molecule has 0 N–H and O–H groups in total. The average Bonchev–Trinajstić information content (AvgIpc) is 2.47. The summed E-state index contributed by atoms with van der Waals surface area (Å²) < 4.78 is 12.0. The third kappa shape index (κ3) is 4.12. The summed E-state index contributed by atoms with van der Waals surface area (Å²) in [5.41, 5.74) is 0.976. The van der Waals surface area contributed by atoms with Crippen molar-refractivity contribution in [2.24, 2.45) is 0 Å². The van der Waals surface area contributed by atoms with Gasteiger partial charge in [0.05, 0.1) is 12.8 Å². The Bertz CT molecular complexity index is 282. The van der Waals surface area contributed by atoms with E-state index in [0.717, 1.165) is 18.0 Å². The molecule has 1 aromatic heterocycles. The quantitative estimate of drug-likeness (QED) is 0.596. The van der Waals surface area contributed by atoms with E-state index in [2.05, 4.69) is 4.18 Å². The van der Waals surface area contributed by atoms with E-state index in [4.69, 9.17) is 16.5 Å². The lowest BCUT2D eigenvalue weighted by Gasteiger charge is -2.01. The topological polar surface area (TPSA) is 23.4 Å². The Labute approximate surface area is 92.0 Å². The molecular formula is C7H13NO2S3. The molecule has 13 heavy (non-hydrogen) atoms. The van der Waals surface area contributed by atoms with Crippen LogP contribution < -0.4 is 4.28 Å². The maximum absolute atomic E-state index is 5.07. The number of aryl methyl sites for hydroxylation is 1. The molecule has 1 heterocycles. The molecule has 1 aromatic rings. The summed E-state index contributed by atoms with van der Waals surface area (Å²) in [5.74, 6) is 0. The van der Waals surface area contributed by atoms with Gasteiger partial charge in [-0.15, -0.1) is 16.1 Å². The summed E-state index contributed by atoms with van der Waals surface area (Å²) in [6.45, 7) is 5.92. The predicted molar refractivity (Wildman–Crippen MR) is 60.4 cm³/mol. The Hall–Kier alpha value is -0.0400. The lowest BCUT2D eigenvalue weighted by atomic mass is 10.6. The third-order valence-corrected chi connectivity index (χ3v) is 2.62. The van der Waals surface area contributed by atoms with Gasteiger partial charge in [-0.1, -0.05) is 13.8 Å². The van der Waals surface area contributed by atoms with Gasteiger partial charge in [-0.3, -0.25) is 4.18 Å². The highest BCUT2D eigenvalue weighted by Gasteiger charge is 1.99. The molecule has 0 aliphatic heterocycles. The maximum atomic E-state index is 5.07. The van der Waals surface area contributed by atoms with Gasteiger partial charge in [-0.2, -0.15) is 0 Å². The molecule has 0 atom stereocenters. The minimum atomic E-state index is 0.687. The van der Waals surface area contributed by atoms with Crippen molar-refractivity contribution >= 4 is 35.9 Å². The van der Waals surface area contributed by atoms with Crippen LogP contribution in [0.4, 0.5) is 0 Å². The zero-order valence-electron chi connectivity index (χ0n) is 8.07. The van der Waals surface area contributed by atoms with Crippen LogP contribution in [-0.2, 0) is 4.18 Å². The first-order valence-electron chi connectivity index (χ1n) is 3.80. The van der Waals surface area contributed by atoms with Crippen LogP contribution in [0.1, 0.15) is 19.5 Å². The van der Waals surface area contributed by atoms with Crippen molar-refractivity contribution in [1.29, 1.82) is 0 Å². The number of hydrogen-bond acceptors (Lipinski definition) is 5. The van der Waals surface area contributed by atoms with Gasteiger partial charge in [0.1, 0.15) is 0 Å². The van der Waals surface area contributed by atoms with Crippen molar-refractivity contribution in [3.8, 4) is 0 Å². The molecule has 3 nitrogen and oxygen atoms in total. The lowest BCUT2D eigenvalue weighted by Crippen LogP contribution is -2.04. The highest BCUT2D eigenvalue weighted by Crippen LogP contribution is 2.10. The Balaban J connectivity index is 0.000000671. The molecule has 0 saturated carbocycles. The SMILES string of the molecule is CC.COSOn1c(C)csc1=S. The fourth-order valence-corrected chi connectivity index (χ4v) is 1.90. The molecule has 1 rings (SSSR count). The summed E-state index contributed by atoms with van der Waals surface area (Å²) in [4.78, 5) is 0. The average molecular weight is 239 g/mol. The monoisotopic (exact) mass is 239 g/mol. The minimum absolute atomic E-state index is 0.687. The second-order valence-electron chi connectivity index (χ2n) is 1.75. The summed E-state index contributed by atoms with van der Waals surface area (Å²) in [6.07, 6.45) is 0. The van der Waals surface area contributed by atoms with Gasteiger partial charge in [0.25, 0.3) is 12.3 Å². The molecule has 0 fully saturated rings. The molecule has 0 amide bonds. The van der Waals surface area contributed by atoms with E-state index in [-0.39, 0.29) is 0 Å². The van der Waals surface area contributed by atoms with Crippen molar-refractivity contribution in [2.45, 2.75) is 20.8 Å². The van der Waals surface area contributed by atoms with Crippen LogP contribution in [0.25, 0.3) is 0 Å². The van der Waals surface area contributed by atoms with Crippen LogP contribution >= 0.6 is 35.9 Å². The second kappa shape index (κ2) is 7.37. The molecule has 0 unspecified atom stereocenters. The maximum Gasteiger partial charge on any atom is 0.251 e. The molecule has 76 valence electrons. The molecule has 0 aromatic carbocycles. The normalized spacial score (nSPS) is 8.92. The van der Waals surface area contributed by atoms with Gasteiger partial charge in [0.15, 0.2) is 3.95 Å². The summed E-state index contributed by atoms with van der Waals surface area (Å²) >= 11 is 7.34. The van der Waals surface area contributed by atoms with E-state index in [1.54, 1.807) is 4.73 Å². The number of aromatic nitrogens is 1. The van der Waals surface area contributed by atoms with Crippen LogP contribution in [0.5, 0.6) is 0 Å². The first-order chi connectivity index (χ1) is 6.25. The number of hydrogen-bond donors (Lipinski definition) is 0. The highest BCUT2D eigenvalue weighted by atomic mass is 32.2.